The summed E-state index contributed by atoms with van der Waals surface area (Å²) in [5, 5.41) is 0. The molecule has 0 bridgehead atoms. The molecule has 0 unspecified atom stereocenters. The zero-order chi connectivity index (χ0) is 7.56. The maximum Gasteiger partial charge on any atom is 0.309 e. The van der Waals surface area contributed by atoms with Gasteiger partial charge >= 0.3 is 5.97 Å². The topological polar surface area (TPSA) is 26.3 Å². The molecule has 0 amide bonds. The first-order valence-corrected chi connectivity index (χ1v) is 3.57. The van der Waals surface area contributed by atoms with Crippen LogP contribution in [-0.4, -0.2) is 12.6 Å². The summed E-state index contributed by atoms with van der Waals surface area (Å²) in [5.41, 5.74) is 1.03. The predicted molar refractivity (Wildman–Crippen MR) is 38.5 cm³/mol. The van der Waals surface area contributed by atoms with Crippen LogP contribution in [0.4, 0.5) is 0 Å². The van der Waals surface area contributed by atoms with Crippen molar-refractivity contribution in [2.45, 2.75) is 19.8 Å². The molecule has 1 fully saturated rings. The van der Waals surface area contributed by atoms with E-state index >= 15 is 0 Å². The molecule has 0 saturated carbocycles. The predicted octanol–water partition coefficient (Wildman–Crippen LogP) is 1.52. The minimum Gasteiger partial charge on any atom is -0.461 e. The second kappa shape index (κ2) is 2.86. The highest BCUT2D eigenvalue weighted by Gasteiger charge is 2.23. The van der Waals surface area contributed by atoms with Gasteiger partial charge in [-0.2, -0.15) is 0 Å². The summed E-state index contributed by atoms with van der Waals surface area (Å²) in [6.45, 7) is 6.19. The lowest BCUT2D eigenvalue weighted by Crippen LogP contribution is -2.24. The van der Waals surface area contributed by atoms with Gasteiger partial charge in [0, 0.05) is 0 Å². The molecule has 10 heavy (non-hydrogen) atoms. The first-order chi connectivity index (χ1) is 4.74. The van der Waals surface area contributed by atoms with E-state index in [4.69, 9.17) is 4.74 Å². The van der Waals surface area contributed by atoms with E-state index in [0.717, 1.165) is 18.4 Å². The SMILES string of the molecule is C=C1COC(=O)[C@@H](CC)C1. The maximum absolute atomic E-state index is 10.9. The number of ether oxygens (including phenoxy) is 1. The number of esters is 1. The van der Waals surface area contributed by atoms with Crippen molar-refractivity contribution in [3.8, 4) is 0 Å². The highest BCUT2D eigenvalue weighted by molar-refractivity contribution is 5.74. The third-order valence-electron chi connectivity index (χ3n) is 1.78. The van der Waals surface area contributed by atoms with E-state index in [-0.39, 0.29) is 11.9 Å². The van der Waals surface area contributed by atoms with Crippen LogP contribution in [0.5, 0.6) is 0 Å². The first-order valence-electron chi connectivity index (χ1n) is 3.57. The van der Waals surface area contributed by atoms with Crippen molar-refractivity contribution in [3.63, 3.8) is 0 Å². The second-order valence-corrected chi connectivity index (χ2v) is 2.67. The van der Waals surface area contributed by atoms with Crippen LogP contribution in [0.25, 0.3) is 0 Å². The molecular weight excluding hydrogens is 128 g/mol. The molecule has 56 valence electrons. The maximum atomic E-state index is 10.9. The summed E-state index contributed by atoms with van der Waals surface area (Å²) in [5.74, 6) is 0.0103. The lowest BCUT2D eigenvalue weighted by Gasteiger charge is -2.20. The van der Waals surface area contributed by atoms with Gasteiger partial charge in [0.05, 0.1) is 5.92 Å². The van der Waals surface area contributed by atoms with Gasteiger partial charge in [-0.15, -0.1) is 0 Å². The van der Waals surface area contributed by atoms with E-state index in [1.54, 1.807) is 0 Å². The zero-order valence-corrected chi connectivity index (χ0v) is 6.22. The average molecular weight is 140 g/mol. The van der Waals surface area contributed by atoms with E-state index in [0.29, 0.717) is 6.61 Å². The normalized spacial score (nSPS) is 26.3. The Kier molecular flexibility index (Phi) is 2.10. The number of hydrogen-bond acceptors (Lipinski definition) is 2. The van der Waals surface area contributed by atoms with Crippen LogP contribution in [0.1, 0.15) is 19.8 Å². The van der Waals surface area contributed by atoms with Crippen LogP contribution in [-0.2, 0) is 9.53 Å². The fraction of sp³-hybridized carbons (Fsp3) is 0.625. The summed E-state index contributed by atoms with van der Waals surface area (Å²) in [4.78, 5) is 10.9. The Bertz CT molecular complexity index is 161. The van der Waals surface area contributed by atoms with Crippen LogP contribution >= 0.6 is 0 Å². The van der Waals surface area contributed by atoms with Gasteiger partial charge in [0.2, 0.25) is 0 Å². The fourth-order valence-corrected chi connectivity index (χ4v) is 1.09. The van der Waals surface area contributed by atoms with Crippen LogP contribution in [0, 0.1) is 5.92 Å². The van der Waals surface area contributed by atoms with Crippen LogP contribution in [0.2, 0.25) is 0 Å². The highest BCUT2D eigenvalue weighted by atomic mass is 16.5. The summed E-state index contributed by atoms with van der Waals surface area (Å²) in [6, 6.07) is 0. The molecular formula is C8H12O2. The van der Waals surface area contributed by atoms with E-state index in [1.807, 2.05) is 6.92 Å². The number of hydrogen-bond donors (Lipinski definition) is 0. The molecule has 0 aliphatic carbocycles. The molecule has 0 aromatic carbocycles. The van der Waals surface area contributed by atoms with Gasteiger partial charge in [0.1, 0.15) is 6.61 Å². The molecule has 0 aromatic rings. The van der Waals surface area contributed by atoms with Gasteiger partial charge in [0.25, 0.3) is 0 Å². The minimum atomic E-state index is -0.0603. The molecule has 1 saturated heterocycles. The van der Waals surface area contributed by atoms with Crippen molar-refractivity contribution in [3.05, 3.63) is 12.2 Å². The van der Waals surface area contributed by atoms with Crippen LogP contribution in [0.15, 0.2) is 12.2 Å². The van der Waals surface area contributed by atoms with E-state index < -0.39 is 0 Å². The minimum absolute atomic E-state index is 0.0603. The number of carbonyl (C=O) groups is 1. The van der Waals surface area contributed by atoms with Crippen molar-refractivity contribution in [1.82, 2.24) is 0 Å². The first kappa shape index (κ1) is 7.32. The van der Waals surface area contributed by atoms with Crippen molar-refractivity contribution in [1.29, 1.82) is 0 Å². The number of carbonyl (C=O) groups excluding carboxylic acids is 1. The van der Waals surface area contributed by atoms with E-state index in [9.17, 15) is 4.79 Å². The summed E-state index contributed by atoms with van der Waals surface area (Å²) >= 11 is 0. The zero-order valence-electron chi connectivity index (χ0n) is 6.22. The smallest absolute Gasteiger partial charge is 0.309 e. The van der Waals surface area contributed by atoms with Gasteiger partial charge in [-0.05, 0) is 18.4 Å². The third-order valence-corrected chi connectivity index (χ3v) is 1.78. The molecule has 2 nitrogen and oxygen atoms in total. The standard InChI is InChI=1S/C8H12O2/c1-3-7-4-6(2)5-10-8(7)9/h7H,2-5H2,1H3/t7-/m0/s1. The monoisotopic (exact) mass is 140 g/mol. The van der Waals surface area contributed by atoms with Gasteiger partial charge in [0.15, 0.2) is 0 Å². The van der Waals surface area contributed by atoms with Crippen molar-refractivity contribution in [2.75, 3.05) is 6.61 Å². The Hall–Kier alpha value is -0.790. The van der Waals surface area contributed by atoms with Crippen LogP contribution < -0.4 is 0 Å². The van der Waals surface area contributed by atoms with Crippen molar-refractivity contribution < 1.29 is 9.53 Å². The second-order valence-electron chi connectivity index (χ2n) is 2.67. The summed E-state index contributed by atoms with van der Waals surface area (Å²) < 4.78 is 4.86. The number of cyclic esters (lactones) is 1. The molecule has 0 spiro atoms. The van der Waals surface area contributed by atoms with Gasteiger partial charge in [-0.1, -0.05) is 13.5 Å². The molecule has 2 heteroatoms. The molecule has 1 aliphatic rings. The lowest BCUT2D eigenvalue weighted by atomic mass is 9.96. The molecule has 0 aromatic heterocycles. The van der Waals surface area contributed by atoms with Gasteiger partial charge < -0.3 is 4.74 Å². The number of rotatable bonds is 1. The molecule has 1 aliphatic heterocycles. The Labute approximate surface area is 60.9 Å². The summed E-state index contributed by atoms with van der Waals surface area (Å²) in [7, 11) is 0. The van der Waals surface area contributed by atoms with E-state index in [2.05, 4.69) is 6.58 Å². The van der Waals surface area contributed by atoms with Crippen molar-refractivity contribution in [2.24, 2.45) is 5.92 Å². The molecule has 1 atom stereocenters. The Morgan fingerprint density at radius 3 is 3.00 bits per heavy atom. The molecule has 1 rings (SSSR count). The lowest BCUT2D eigenvalue weighted by molar-refractivity contribution is -0.150. The quantitative estimate of drug-likeness (QED) is 0.407. The Morgan fingerprint density at radius 2 is 2.50 bits per heavy atom. The van der Waals surface area contributed by atoms with Gasteiger partial charge in [-0.3, -0.25) is 4.79 Å². The van der Waals surface area contributed by atoms with Crippen molar-refractivity contribution >= 4 is 5.97 Å². The third kappa shape index (κ3) is 1.38. The Morgan fingerprint density at radius 1 is 1.80 bits per heavy atom. The van der Waals surface area contributed by atoms with Crippen LogP contribution in [0.3, 0.4) is 0 Å². The Balaban J connectivity index is 2.53. The molecule has 0 radical (unpaired) electrons. The average Bonchev–Trinajstić information content (AvgIpc) is 1.94. The molecule has 0 N–H and O–H groups in total. The largest absolute Gasteiger partial charge is 0.461 e. The molecule has 1 heterocycles. The fourth-order valence-electron chi connectivity index (χ4n) is 1.09. The van der Waals surface area contributed by atoms with Gasteiger partial charge in [-0.25, -0.2) is 0 Å². The summed E-state index contributed by atoms with van der Waals surface area (Å²) in [6.07, 6.45) is 1.67. The van der Waals surface area contributed by atoms with E-state index in [1.165, 1.54) is 0 Å². The highest BCUT2D eigenvalue weighted by Crippen LogP contribution is 2.20.